The number of rotatable bonds is 4. The van der Waals surface area contributed by atoms with Crippen LogP contribution in [0.25, 0.3) is 0 Å². The Morgan fingerprint density at radius 3 is 2.50 bits per heavy atom. The van der Waals surface area contributed by atoms with Crippen molar-refractivity contribution in [2.24, 2.45) is 11.8 Å². The summed E-state index contributed by atoms with van der Waals surface area (Å²) in [6.07, 6.45) is 4.85. The molecule has 2 unspecified atom stereocenters. The lowest BCUT2D eigenvalue weighted by molar-refractivity contribution is 0.0690. The summed E-state index contributed by atoms with van der Waals surface area (Å²) in [7, 11) is 0. The Labute approximate surface area is 119 Å². The van der Waals surface area contributed by atoms with Gasteiger partial charge in [-0.15, -0.1) is 0 Å². The zero-order valence-electron chi connectivity index (χ0n) is 11.8. The Hall–Kier alpha value is -1.84. The monoisotopic (exact) mass is 275 g/mol. The van der Waals surface area contributed by atoms with Gasteiger partial charge in [0.2, 0.25) is 0 Å². The van der Waals surface area contributed by atoms with Gasteiger partial charge < -0.3 is 10.4 Å². The molecule has 0 aliphatic heterocycles. The van der Waals surface area contributed by atoms with Crippen LogP contribution in [0.1, 0.15) is 53.3 Å². The quantitative estimate of drug-likeness (QED) is 0.887. The normalized spacial score (nSPS) is 22.2. The lowest BCUT2D eigenvalue weighted by Crippen LogP contribution is -2.34. The molecule has 1 saturated carbocycles. The molecule has 1 aliphatic rings. The van der Waals surface area contributed by atoms with E-state index in [1.54, 1.807) is 18.2 Å². The van der Waals surface area contributed by atoms with Crippen LogP contribution in [0.15, 0.2) is 24.3 Å². The van der Waals surface area contributed by atoms with Crippen LogP contribution in [0.5, 0.6) is 0 Å². The fourth-order valence-electron chi connectivity index (χ4n) is 2.88. The number of benzene rings is 1. The fourth-order valence-corrected chi connectivity index (χ4v) is 2.88. The van der Waals surface area contributed by atoms with E-state index >= 15 is 0 Å². The largest absolute Gasteiger partial charge is 0.478 e. The van der Waals surface area contributed by atoms with Crippen molar-refractivity contribution in [1.82, 2.24) is 5.32 Å². The maximum absolute atomic E-state index is 12.1. The van der Waals surface area contributed by atoms with Crippen molar-refractivity contribution >= 4 is 11.9 Å². The van der Waals surface area contributed by atoms with Crippen LogP contribution in [-0.4, -0.2) is 23.5 Å². The van der Waals surface area contributed by atoms with Crippen LogP contribution in [0.3, 0.4) is 0 Å². The minimum Gasteiger partial charge on any atom is -0.478 e. The van der Waals surface area contributed by atoms with Gasteiger partial charge >= 0.3 is 5.97 Å². The molecular weight excluding hydrogens is 254 g/mol. The van der Waals surface area contributed by atoms with Gasteiger partial charge in [-0.2, -0.15) is 0 Å². The number of carbonyl (C=O) groups is 2. The molecule has 0 heterocycles. The average molecular weight is 275 g/mol. The highest BCUT2D eigenvalue weighted by atomic mass is 16.4. The summed E-state index contributed by atoms with van der Waals surface area (Å²) in [6, 6.07) is 6.33. The first-order chi connectivity index (χ1) is 9.59. The van der Waals surface area contributed by atoms with Crippen molar-refractivity contribution in [3.05, 3.63) is 35.4 Å². The molecule has 1 fully saturated rings. The second-order valence-corrected chi connectivity index (χ2v) is 5.58. The predicted molar refractivity (Wildman–Crippen MR) is 76.9 cm³/mol. The average Bonchev–Trinajstić information content (AvgIpc) is 2.46. The van der Waals surface area contributed by atoms with Crippen molar-refractivity contribution in [2.45, 2.75) is 32.6 Å². The third kappa shape index (κ3) is 3.38. The van der Waals surface area contributed by atoms with Crippen molar-refractivity contribution < 1.29 is 14.7 Å². The molecule has 1 aromatic carbocycles. The van der Waals surface area contributed by atoms with Crippen molar-refractivity contribution in [2.75, 3.05) is 6.54 Å². The van der Waals surface area contributed by atoms with Crippen LogP contribution in [0.4, 0.5) is 0 Å². The predicted octanol–water partition coefficient (Wildman–Crippen LogP) is 2.94. The Kier molecular flexibility index (Phi) is 4.77. The van der Waals surface area contributed by atoms with Gasteiger partial charge in [0.15, 0.2) is 0 Å². The molecule has 2 rings (SSSR count). The zero-order chi connectivity index (χ0) is 14.5. The van der Waals surface area contributed by atoms with E-state index in [9.17, 15) is 9.59 Å². The smallest absolute Gasteiger partial charge is 0.336 e. The van der Waals surface area contributed by atoms with E-state index in [2.05, 4.69) is 12.2 Å². The van der Waals surface area contributed by atoms with Crippen molar-refractivity contribution in [1.29, 1.82) is 0 Å². The van der Waals surface area contributed by atoms with E-state index in [0.29, 0.717) is 18.4 Å². The molecule has 108 valence electrons. The second kappa shape index (κ2) is 6.55. The van der Waals surface area contributed by atoms with E-state index in [0.717, 1.165) is 6.42 Å². The van der Waals surface area contributed by atoms with Gasteiger partial charge in [-0.25, -0.2) is 4.79 Å². The molecule has 2 N–H and O–H groups in total. The summed E-state index contributed by atoms with van der Waals surface area (Å²) in [6.45, 7) is 2.86. The topological polar surface area (TPSA) is 66.4 Å². The molecule has 2 atom stereocenters. The van der Waals surface area contributed by atoms with Crippen molar-refractivity contribution in [3.63, 3.8) is 0 Å². The number of hydrogen-bond donors (Lipinski definition) is 2. The molecule has 4 heteroatoms. The number of nitrogens with one attached hydrogen (secondary N) is 1. The number of hydrogen-bond acceptors (Lipinski definition) is 2. The molecule has 1 amide bonds. The van der Waals surface area contributed by atoms with Gasteiger partial charge in [0.05, 0.1) is 11.1 Å². The maximum Gasteiger partial charge on any atom is 0.336 e. The number of amides is 1. The number of carboxylic acid groups (broad SMARTS) is 1. The Morgan fingerprint density at radius 1 is 1.20 bits per heavy atom. The summed E-state index contributed by atoms with van der Waals surface area (Å²) in [5.41, 5.74) is 0.296. The Balaban J connectivity index is 2.00. The van der Waals surface area contributed by atoms with Gasteiger partial charge in [0, 0.05) is 6.54 Å². The van der Waals surface area contributed by atoms with Crippen LogP contribution in [0, 0.1) is 11.8 Å². The second-order valence-electron chi connectivity index (χ2n) is 5.58. The summed E-state index contributed by atoms with van der Waals surface area (Å²) in [5, 5.41) is 12.0. The van der Waals surface area contributed by atoms with Gasteiger partial charge in [-0.05, 0) is 30.4 Å². The molecule has 1 aliphatic carbocycles. The molecule has 0 spiro atoms. The minimum absolute atomic E-state index is 0.0571. The maximum atomic E-state index is 12.1. The third-order valence-corrected chi connectivity index (χ3v) is 4.22. The van der Waals surface area contributed by atoms with Gasteiger partial charge in [0.25, 0.3) is 5.91 Å². The highest BCUT2D eigenvalue weighted by Crippen LogP contribution is 2.28. The zero-order valence-corrected chi connectivity index (χ0v) is 11.8. The first-order valence-electron chi connectivity index (χ1n) is 7.20. The SMILES string of the molecule is CC1CCCCC1CNC(=O)c1ccccc1C(=O)O. The first kappa shape index (κ1) is 14.6. The summed E-state index contributed by atoms with van der Waals surface area (Å²) < 4.78 is 0. The van der Waals surface area contributed by atoms with E-state index in [4.69, 9.17) is 5.11 Å². The number of carbonyl (C=O) groups excluding carboxylic acids is 1. The highest BCUT2D eigenvalue weighted by molar-refractivity contribution is 6.04. The van der Waals surface area contributed by atoms with E-state index < -0.39 is 5.97 Å². The molecule has 20 heavy (non-hydrogen) atoms. The molecule has 4 nitrogen and oxygen atoms in total. The molecule has 0 bridgehead atoms. The lowest BCUT2D eigenvalue weighted by atomic mass is 9.80. The van der Waals surface area contributed by atoms with E-state index in [1.807, 2.05) is 0 Å². The summed E-state index contributed by atoms with van der Waals surface area (Å²) in [5.74, 6) is -0.231. The minimum atomic E-state index is -1.07. The van der Waals surface area contributed by atoms with Crippen molar-refractivity contribution in [3.8, 4) is 0 Å². The number of carboxylic acids is 1. The van der Waals surface area contributed by atoms with Crippen LogP contribution >= 0.6 is 0 Å². The van der Waals surface area contributed by atoms with E-state index in [1.165, 1.54) is 25.3 Å². The Bertz CT molecular complexity index is 498. The van der Waals surface area contributed by atoms with Gasteiger partial charge in [0.1, 0.15) is 0 Å². The van der Waals surface area contributed by atoms with Crippen LogP contribution < -0.4 is 5.32 Å². The number of aromatic carboxylic acids is 1. The van der Waals surface area contributed by atoms with E-state index in [-0.39, 0.29) is 17.0 Å². The summed E-state index contributed by atoms with van der Waals surface area (Å²) in [4.78, 5) is 23.2. The molecule has 0 aromatic heterocycles. The molecule has 0 saturated heterocycles. The molecular formula is C16H21NO3. The lowest BCUT2D eigenvalue weighted by Gasteiger charge is -2.28. The standard InChI is InChI=1S/C16H21NO3/c1-11-6-2-3-7-12(11)10-17-15(18)13-8-4-5-9-14(13)16(19)20/h4-5,8-9,11-12H,2-3,6-7,10H2,1H3,(H,17,18)(H,19,20). The van der Waals surface area contributed by atoms with Gasteiger partial charge in [-0.1, -0.05) is 38.3 Å². The highest BCUT2D eigenvalue weighted by Gasteiger charge is 2.22. The van der Waals surface area contributed by atoms with Gasteiger partial charge in [-0.3, -0.25) is 4.79 Å². The Morgan fingerprint density at radius 2 is 1.85 bits per heavy atom. The first-order valence-corrected chi connectivity index (χ1v) is 7.20. The molecule has 0 radical (unpaired) electrons. The summed E-state index contributed by atoms with van der Waals surface area (Å²) >= 11 is 0. The molecule has 1 aromatic rings. The third-order valence-electron chi connectivity index (χ3n) is 4.22. The fraction of sp³-hybridized carbons (Fsp3) is 0.500. The van der Waals surface area contributed by atoms with Crippen LogP contribution in [0.2, 0.25) is 0 Å². The van der Waals surface area contributed by atoms with Crippen LogP contribution in [-0.2, 0) is 0 Å².